The zero-order chi connectivity index (χ0) is 10.2. The van der Waals surface area contributed by atoms with Gasteiger partial charge in [0, 0.05) is 11.8 Å². The molecule has 84 valence electrons. The van der Waals surface area contributed by atoms with Crippen molar-refractivity contribution in [2.24, 2.45) is 29.6 Å². The number of hydrogen-bond donors (Lipinski definition) is 2. The summed E-state index contributed by atoms with van der Waals surface area (Å²) in [5, 5.41) is 20.0. The summed E-state index contributed by atoms with van der Waals surface area (Å²) in [6.07, 6.45) is 0.712. The molecule has 0 saturated heterocycles. The van der Waals surface area contributed by atoms with Gasteiger partial charge in [-0.05, 0) is 18.3 Å². The Hall–Kier alpha value is -1.14. The Morgan fingerprint density at radius 2 is 2.07 bits per heavy atom. The molecular formula is C9H13NO5. The molecule has 0 amide bonds. The first-order valence-electron chi connectivity index (χ1n) is 4.79. The van der Waals surface area contributed by atoms with E-state index in [2.05, 4.69) is 5.73 Å². The van der Waals surface area contributed by atoms with Crippen molar-refractivity contribution in [1.82, 2.24) is 0 Å². The van der Waals surface area contributed by atoms with E-state index in [0.29, 0.717) is 6.42 Å². The average molecular weight is 215 g/mol. The lowest BCUT2D eigenvalue weighted by atomic mass is 9.85. The molecule has 4 fully saturated rings. The predicted octanol–water partition coefficient (Wildman–Crippen LogP) is -3.51. The van der Waals surface area contributed by atoms with Gasteiger partial charge in [-0.2, -0.15) is 0 Å². The largest absolute Gasteiger partial charge is 0.544 e. The Labute approximate surface area is 85.4 Å². The minimum atomic E-state index is -1.17. The SMILES string of the molecule is O.[NH3+][C@]1(C(=O)[O-])[C@H]2[C@H]3C[C@@H]1[C@H](C(=O)O)[C@H]32. The third-order valence-electron chi connectivity index (χ3n) is 4.53. The molecule has 4 rings (SSSR count). The van der Waals surface area contributed by atoms with Gasteiger partial charge in [0.05, 0.1) is 5.92 Å². The van der Waals surface area contributed by atoms with E-state index in [1.54, 1.807) is 0 Å². The van der Waals surface area contributed by atoms with E-state index in [9.17, 15) is 14.7 Å². The third kappa shape index (κ3) is 0.826. The van der Waals surface area contributed by atoms with Crippen molar-refractivity contribution in [2.45, 2.75) is 12.0 Å². The summed E-state index contributed by atoms with van der Waals surface area (Å²) < 4.78 is 0. The van der Waals surface area contributed by atoms with Gasteiger partial charge < -0.3 is 26.2 Å². The summed E-state index contributed by atoms with van der Waals surface area (Å²) in [7, 11) is 0. The quantitative estimate of drug-likeness (QED) is 0.493. The highest BCUT2D eigenvalue weighted by atomic mass is 16.4. The Bertz CT molecular complexity index is 356. The van der Waals surface area contributed by atoms with E-state index in [-0.39, 0.29) is 29.1 Å². The van der Waals surface area contributed by atoms with Crippen LogP contribution in [0.4, 0.5) is 0 Å². The number of rotatable bonds is 2. The molecule has 0 aromatic carbocycles. The van der Waals surface area contributed by atoms with Crippen LogP contribution in [0.15, 0.2) is 0 Å². The summed E-state index contributed by atoms with van der Waals surface area (Å²) in [6, 6.07) is 0. The van der Waals surface area contributed by atoms with Crippen molar-refractivity contribution < 1.29 is 31.0 Å². The molecule has 6 atom stereocenters. The minimum Gasteiger partial charge on any atom is -0.544 e. The summed E-state index contributed by atoms with van der Waals surface area (Å²) in [6.45, 7) is 0. The lowest BCUT2D eigenvalue weighted by Crippen LogP contribution is -2.82. The van der Waals surface area contributed by atoms with Crippen LogP contribution in [0.3, 0.4) is 0 Å². The maximum Gasteiger partial charge on any atom is 0.307 e. The van der Waals surface area contributed by atoms with E-state index in [1.165, 1.54) is 0 Å². The molecule has 0 radical (unpaired) electrons. The second kappa shape index (κ2) is 2.51. The molecule has 4 saturated carbocycles. The molecule has 0 aromatic rings. The summed E-state index contributed by atoms with van der Waals surface area (Å²) >= 11 is 0. The van der Waals surface area contributed by atoms with Gasteiger partial charge in [0.25, 0.3) is 0 Å². The first-order valence-corrected chi connectivity index (χ1v) is 4.79. The fourth-order valence-corrected chi connectivity index (χ4v) is 4.03. The Kier molecular flexibility index (Phi) is 1.74. The lowest BCUT2D eigenvalue weighted by Gasteiger charge is -2.27. The molecule has 6 nitrogen and oxygen atoms in total. The van der Waals surface area contributed by atoms with Crippen LogP contribution in [0.25, 0.3) is 0 Å². The minimum absolute atomic E-state index is 0. The van der Waals surface area contributed by atoms with Crippen molar-refractivity contribution in [3.8, 4) is 0 Å². The monoisotopic (exact) mass is 215 g/mol. The van der Waals surface area contributed by atoms with Gasteiger partial charge in [0.1, 0.15) is 11.5 Å². The van der Waals surface area contributed by atoms with Gasteiger partial charge in [0.2, 0.25) is 0 Å². The smallest absolute Gasteiger partial charge is 0.307 e. The van der Waals surface area contributed by atoms with Crippen LogP contribution < -0.4 is 10.8 Å². The van der Waals surface area contributed by atoms with Crippen LogP contribution in [0.1, 0.15) is 6.42 Å². The number of aliphatic carboxylic acids is 2. The van der Waals surface area contributed by atoms with Gasteiger partial charge in [-0.3, -0.25) is 4.79 Å². The normalized spacial score (nSPS) is 53.5. The predicted molar refractivity (Wildman–Crippen MR) is 43.9 cm³/mol. The van der Waals surface area contributed by atoms with Crippen LogP contribution in [0, 0.1) is 29.6 Å². The van der Waals surface area contributed by atoms with E-state index < -0.39 is 23.4 Å². The Morgan fingerprint density at radius 3 is 2.33 bits per heavy atom. The molecule has 0 unspecified atom stereocenters. The number of quaternary nitrogens is 1. The standard InChI is InChI=1S/C9H11NO4.H2O/c10-9(8(13)14)3-1-2-4(6(2)9)5(3)7(11)12;/h2-6H,1,10H2,(H,11,12)(H,13,14);1H2/t2-,3+,4-,5-,6-,9-;/m0./s1. The van der Waals surface area contributed by atoms with Crippen LogP contribution in [-0.2, 0) is 9.59 Å². The first-order chi connectivity index (χ1) is 6.49. The van der Waals surface area contributed by atoms with E-state index in [1.807, 2.05) is 0 Å². The number of hydrogen-bond acceptors (Lipinski definition) is 3. The molecule has 0 aromatic heterocycles. The second-order valence-corrected chi connectivity index (χ2v) is 4.80. The fraction of sp³-hybridized carbons (Fsp3) is 0.778. The van der Waals surface area contributed by atoms with E-state index in [4.69, 9.17) is 5.11 Å². The average Bonchev–Trinajstić information content (AvgIpc) is 2.46. The molecule has 15 heavy (non-hydrogen) atoms. The maximum atomic E-state index is 11.0. The highest BCUT2D eigenvalue weighted by molar-refractivity contribution is 5.83. The van der Waals surface area contributed by atoms with Crippen LogP contribution in [0.5, 0.6) is 0 Å². The van der Waals surface area contributed by atoms with Gasteiger partial charge in [-0.15, -0.1) is 0 Å². The van der Waals surface area contributed by atoms with Crippen molar-refractivity contribution in [2.75, 3.05) is 0 Å². The molecular weight excluding hydrogens is 202 g/mol. The van der Waals surface area contributed by atoms with Crippen LogP contribution in [0.2, 0.25) is 0 Å². The van der Waals surface area contributed by atoms with E-state index in [0.717, 1.165) is 0 Å². The molecule has 6 heteroatoms. The fourth-order valence-electron chi connectivity index (χ4n) is 4.03. The number of carboxylic acids is 2. The van der Waals surface area contributed by atoms with Gasteiger partial charge in [-0.1, -0.05) is 0 Å². The summed E-state index contributed by atoms with van der Waals surface area (Å²) in [4.78, 5) is 21.9. The van der Waals surface area contributed by atoms with E-state index >= 15 is 0 Å². The van der Waals surface area contributed by atoms with Crippen molar-refractivity contribution in [3.63, 3.8) is 0 Å². The highest BCUT2D eigenvalue weighted by Crippen LogP contribution is 2.75. The molecule has 4 aliphatic carbocycles. The lowest BCUT2D eigenvalue weighted by molar-refractivity contribution is -0.497. The van der Waals surface area contributed by atoms with Crippen LogP contribution >= 0.6 is 0 Å². The molecule has 0 heterocycles. The van der Waals surface area contributed by atoms with Crippen molar-refractivity contribution in [3.05, 3.63) is 0 Å². The van der Waals surface area contributed by atoms with Gasteiger partial charge >= 0.3 is 5.97 Å². The molecule has 4 bridgehead atoms. The topological polar surface area (TPSA) is 137 Å². The zero-order valence-corrected chi connectivity index (χ0v) is 7.97. The Morgan fingerprint density at radius 1 is 1.47 bits per heavy atom. The van der Waals surface area contributed by atoms with Gasteiger partial charge in [-0.25, -0.2) is 0 Å². The maximum absolute atomic E-state index is 11.0. The second-order valence-electron chi connectivity index (χ2n) is 4.80. The Balaban J connectivity index is 0.000000853. The van der Waals surface area contributed by atoms with Crippen LogP contribution in [-0.4, -0.2) is 28.1 Å². The molecule has 0 spiro atoms. The van der Waals surface area contributed by atoms with Crippen molar-refractivity contribution in [1.29, 1.82) is 0 Å². The zero-order valence-electron chi connectivity index (χ0n) is 7.97. The summed E-state index contributed by atoms with van der Waals surface area (Å²) in [5.41, 5.74) is 2.61. The molecule has 0 aliphatic heterocycles. The number of carbonyl (C=O) groups is 2. The highest BCUT2D eigenvalue weighted by Gasteiger charge is 2.83. The first kappa shape index (κ1) is 10.4. The third-order valence-corrected chi connectivity index (χ3v) is 4.53. The molecule has 4 aliphatic rings. The van der Waals surface area contributed by atoms with Crippen molar-refractivity contribution >= 4 is 11.9 Å². The number of carboxylic acid groups (broad SMARTS) is 2. The summed E-state index contributed by atoms with van der Waals surface area (Å²) in [5.74, 6) is -2.49. The van der Waals surface area contributed by atoms with Gasteiger partial charge in [0.15, 0.2) is 0 Å². The number of carbonyl (C=O) groups excluding carboxylic acids is 1. The molecule has 6 N–H and O–H groups in total.